The van der Waals surface area contributed by atoms with Gasteiger partial charge in [-0.2, -0.15) is 0 Å². The molecule has 1 saturated heterocycles. The van der Waals surface area contributed by atoms with Gasteiger partial charge in [0, 0.05) is 23.2 Å². The lowest BCUT2D eigenvalue weighted by Gasteiger charge is -2.22. The molecule has 1 aliphatic heterocycles. The fraction of sp³-hybridized carbons (Fsp3) is 0.231. The fourth-order valence-electron chi connectivity index (χ4n) is 4.70. The van der Waals surface area contributed by atoms with Crippen LogP contribution in [0.1, 0.15) is 24.0 Å². The third kappa shape index (κ3) is 3.97. The van der Waals surface area contributed by atoms with Gasteiger partial charge in [0.1, 0.15) is 5.58 Å². The van der Waals surface area contributed by atoms with Gasteiger partial charge < -0.3 is 15.5 Å². The van der Waals surface area contributed by atoms with Gasteiger partial charge in [0.2, 0.25) is 11.8 Å². The van der Waals surface area contributed by atoms with Gasteiger partial charge in [0.15, 0.2) is 0 Å². The topological polar surface area (TPSA) is 88.6 Å². The Balaban J connectivity index is 1.31. The first-order chi connectivity index (χ1) is 15.6. The van der Waals surface area contributed by atoms with Gasteiger partial charge >= 0.3 is 0 Å². The molecule has 162 valence electrons. The minimum atomic E-state index is -0.271. The second-order valence-electron chi connectivity index (χ2n) is 8.38. The average molecular weight is 428 g/mol. The Hall–Kier alpha value is -3.64. The summed E-state index contributed by atoms with van der Waals surface area (Å²) in [5.74, 6) is -0.374. The van der Waals surface area contributed by atoms with E-state index in [1.54, 1.807) is 6.26 Å². The predicted octanol–water partition coefficient (Wildman–Crippen LogP) is 4.22. The number of furan rings is 1. The summed E-state index contributed by atoms with van der Waals surface area (Å²) in [6.45, 7) is 1.49. The molecule has 6 nitrogen and oxygen atoms in total. The van der Waals surface area contributed by atoms with Crippen LogP contribution in [-0.4, -0.2) is 29.3 Å². The Kier molecular flexibility index (Phi) is 5.37. The lowest BCUT2D eigenvalue weighted by molar-refractivity contribution is -0.122. The van der Waals surface area contributed by atoms with Crippen LogP contribution >= 0.6 is 0 Å². The number of carbonyl (C=O) groups excluding carboxylic acids is 2. The molecule has 1 aliphatic rings. The lowest BCUT2D eigenvalue weighted by atomic mass is 10.0. The van der Waals surface area contributed by atoms with Crippen LogP contribution in [0, 0.1) is 0 Å². The number of likely N-dealkylation sites (tertiary alicyclic amines) is 1. The predicted molar refractivity (Wildman–Crippen MR) is 125 cm³/mol. The maximum atomic E-state index is 12.8. The summed E-state index contributed by atoms with van der Waals surface area (Å²) in [5, 5.41) is 6.19. The summed E-state index contributed by atoms with van der Waals surface area (Å²) in [6.07, 6.45) is 3.67. The molecule has 1 unspecified atom stereocenters. The molecule has 4 aromatic rings. The molecular weight excluding hydrogens is 402 g/mol. The highest BCUT2D eigenvalue weighted by atomic mass is 16.3. The number of anilines is 1. The highest BCUT2D eigenvalue weighted by Crippen LogP contribution is 2.30. The van der Waals surface area contributed by atoms with Gasteiger partial charge in [-0.15, -0.1) is 0 Å². The molecule has 5 rings (SSSR count). The minimum Gasteiger partial charge on any atom is -0.464 e. The van der Waals surface area contributed by atoms with Gasteiger partial charge in [-0.1, -0.05) is 42.5 Å². The zero-order valence-electron chi connectivity index (χ0n) is 17.7. The van der Waals surface area contributed by atoms with Crippen molar-refractivity contribution in [1.82, 2.24) is 4.90 Å². The van der Waals surface area contributed by atoms with Gasteiger partial charge in [0.25, 0.3) is 0 Å². The zero-order valence-corrected chi connectivity index (χ0v) is 17.7. The highest BCUT2D eigenvalue weighted by Gasteiger charge is 2.28. The lowest BCUT2D eigenvalue weighted by Crippen LogP contribution is -2.39. The maximum Gasteiger partial charge on any atom is 0.234 e. The molecule has 3 aromatic carbocycles. The van der Waals surface area contributed by atoms with E-state index in [-0.39, 0.29) is 24.3 Å². The van der Waals surface area contributed by atoms with Crippen molar-refractivity contribution in [1.29, 1.82) is 0 Å². The molecule has 0 spiro atoms. The molecule has 3 N–H and O–H groups in total. The molecule has 0 saturated carbocycles. The molecule has 1 fully saturated rings. The summed E-state index contributed by atoms with van der Waals surface area (Å²) in [5.41, 5.74) is 8.95. The SMILES string of the molecule is NC(=O)C1CCCN1Cc1cccc(NC(=O)Cc2coc3ccc4ccccc4c23)c1. The molecule has 0 aliphatic carbocycles. The number of carbonyl (C=O) groups is 2. The number of nitrogens with zero attached hydrogens (tertiary/aromatic N) is 1. The Morgan fingerprint density at radius 2 is 1.97 bits per heavy atom. The van der Waals surface area contributed by atoms with Gasteiger partial charge in [-0.25, -0.2) is 0 Å². The van der Waals surface area contributed by atoms with E-state index in [0.717, 1.165) is 57.9 Å². The Bertz CT molecular complexity index is 1310. The molecule has 6 heteroatoms. The second kappa shape index (κ2) is 8.48. The summed E-state index contributed by atoms with van der Waals surface area (Å²) in [4.78, 5) is 26.6. The molecular formula is C26H25N3O3. The van der Waals surface area contributed by atoms with E-state index in [9.17, 15) is 9.59 Å². The first-order valence-electron chi connectivity index (χ1n) is 10.9. The average Bonchev–Trinajstić information content (AvgIpc) is 3.41. The summed E-state index contributed by atoms with van der Waals surface area (Å²) < 4.78 is 5.71. The van der Waals surface area contributed by atoms with Crippen molar-refractivity contribution in [3.8, 4) is 0 Å². The number of rotatable bonds is 6. The van der Waals surface area contributed by atoms with Crippen LogP contribution < -0.4 is 11.1 Å². The van der Waals surface area contributed by atoms with E-state index in [4.69, 9.17) is 10.2 Å². The quantitative estimate of drug-likeness (QED) is 0.482. The van der Waals surface area contributed by atoms with Crippen molar-refractivity contribution in [2.75, 3.05) is 11.9 Å². The van der Waals surface area contributed by atoms with E-state index < -0.39 is 0 Å². The van der Waals surface area contributed by atoms with Crippen molar-refractivity contribution in [2.45, 2.75) is 31.8 Å². The van der Waals surface area contributed by atoms with E-state index in [0.29, 0.717) is 6.54 Å². The number of hydrogen-bond acceptors (Lipinski definition) is 4. The smallest absolute Gasteiger partial charge is 0.234 e. The minimum absolute atomic E-state index is 0.103. The number of benzene rings is 3. The van der Waals surface area contributed by atoms with Crippen LogP contribution in [0.15, 0.2) is 71.3 Å². The van der Waals surface area contributed by atoms with Crippen LogP contribution in [-0.2, 0) is 22.6 Å². The van der Waals surface area contributed by atoms with E-state index >= 15 is 0 Å². The third-order valence-electron chi connectivity index (χ3n) is 6.18. The van der Waals surface area contributed by atoms with Crippen molar-refractivity contribution in [3.05, 3.63) is 78.1 Å². The molecule has 1 atom stereocenters. The molecule has 1 aromatic heterocycles. The third-order valence-corrected chi connectivity index (χ3v) is 6.18. The first kappa shape index (κ1) is 20.3. The number of fused-ring (bicyclic) bond motifs is 3. The van der Waals surface area contributed by atoms with Crippen molar-refractivity contribution in [2.24, 2.45) is 5.73 Å². The second-order valence-corrected chi connectivity index (χ2v) is 8.38. The normalized spacial score (nSPS) is 16.6. The zero-order chi connectivity index (χ0) is 22.1. The Morgan fingerprint density at radius 3 is 2.84 bits per heavy atom. The number of hydrogen-bond donors (Lipinski definition) is 2. The van der Waals surface area contributed by atoms with Crippen molar-refractivity contribution in [3.63, 3.8) is 0 Å². The Labute approximate surface area is 186 Å². The molecule has 0 radical (unpaired) electrons. The summed E-state index contributed by atoms with van der Waals surface area (Å²) in [7, 11) is 0. The van der Waals surface area contributed by atoms with Crippen LogP contribution in [0.4, 0.5) is 5.69 Å². The number of primary amides is 1. The highest BCUT2D eigenvalue weighted by molar-refractivity contribution is 6.09. The van der Waals surface area contributed by atoms with Gasteiger partial charge in [0.05, 0.1) is 18.7 Å². The molecule has 2 heterocycles. The van der Waals surface area contributed by atoms with Crippen molar-refractivity contribution >= 4 is 39.2 Å². The first-order valence-corrected chi connectivity index (χ1v) is 10.9. The summed E-state index contributed by atoms with van der Waals surface area (Å²) in [6, 6.07) is 19.6. The van der Waals surface area contributed by atoms with Crippen LogP contribution in [0.2, 0.25) is 0 Å². The van der Waals surface area contributed by atoms with Crippen LogP contribution in [0.3, 0.4) is 0 Å². The monoisotopic (exact) mass is 427 g/mol. The van der Waals surface area contributed by atoms with Crippen LogP contribution in [0.5, 0.6) is 0 Å². The standard InChI is InChI=1S/C26H25N3O3/c27-26(31)22-9-4-12-29(22)15-17-5-3-7-20(13-17)28-24(30)14-19-16-32-23-11-10-18-6-1-2-8-21(18)25(19)23/h1-3,5-8,10-11,13,16,22H,4,9,12,14-15H2,(H2,27,31)(H,28,30). The largest absolute Gasteiger partial charge is 0.464 e. The van der Waals surface area contributed by atoms with E-state index in [1.165, 1.54) is 0 Å². The van der Waals surface area contributed by atoms with E-state index in [1.807, 2.05) is 48.5 Å². The van der Waals surface area contributed by atoms with Gasteiger partial charge in [-0.05, 0) is 53.9 Å². The van der Waals surface area contributed by atoms with Crippen molar-refractivity contribution < 1.29 is 14.0 Å². The molecule has 0 bridgehead atoms. The Morgan fingerprint density at radius 1 is 1.09 bits per heavy atom. The van der Waals surface area contributed by atoms with E-state index in [2.05, 4.69) is 22.3 Å². The summed E-state index contributed by atoms with van der Waals surface area (Å²) >= 11 is 0. The van der Waals surface area contributed by atoms with Gasteiger partial charge in [-0.3, -0.25) is 14.5 Å². The van der Waals surface area contributed by atoms with Crippen LogP contribution in [0.25, 0.3) is 21.7 Å². The maximum absolute atomic E-state index is 12.8. The molecule has 2 amide bonds. The number of nitrogens with one attached hydrogen (secondary N) is 1. The molecule has 32 heavy (non-hydrogen) atoms. The number of nitrogens with two attached hydrogens (primary N) is 1. The number of amides is 2. The fourth-order valence-corrected chi connectivity index (χ4v) is 4.70.